The number of hydrogen-bond acceptors (Lipinski definition) is 0. The number of fused-ring (bicyclic) bond motifs is 2. The van der Waals surface area contributed by atoms with Crippen LogP contribution < -0.4 is 0 Å². The first-order valence-corrected chi connectivity index (χ1v) is 11.6. The van der Waals surface area contributed by atoms with Gasteiger partial charge in [-0.25, -0.2) is 0 Å². The Hall–Kier alpha value is -2.08. The number of allylic oxidation sites excluding steroid dienone is 4. The van der Waals surface area contributed by atoms with Crippen molar-refractivity contribution in [3.63, 3.8) is 0 Å². The minimum absolute atomic E-state index is 0.319. The molecule has 1 saturated carbocycles. The molecule has 2 unspecified atom stereocenters. The summed E-state index contributed by atoms with van der Waals surface area (Å²) in [6, 6.07) is 18.5. The highest BCUT2D eigenvalue weighted by atomic mass is 14.5. The van der Waals surface area contributed by atoms with Crippen LogP contribution in [-0.4, -0.2) is 0 Å². The fraction of sp³-hybridized carbons (Fsp3) is 0.448. The van der Waals surface area contributed by atoms with Gasteiger partial charge < -0.3 is 0 Å². The molecule has 0 heteroatoms. The molecule has 29 heavy (non-hydrogen) atoms. The van der Waals surface area contributed by atoms with Crippen LogP contribution in [0.2, 0.25) is 0 Å². The van der Waals surface area contributed by atoms with Crippen LogP contribution in [-0.2, 0) is 0 Å². The Morgan fingerprint density at radius 3 is 1.48 bits per heavy atom. The van der Waals surface area contributed by atoms with Crippen LogP contribution in [0.25, 0.3) is 11.1 Å². The van der Waals surface area contributed by atoms with Gasteiger partial charge in [0, 0.05) is 11.8 Å². The molecule has 0 heterocycles. The first-order valence-electron chi connectivity index (χ1n) is 11.6. The Balaban J connectivity index is 1.69. The van der Waals surface area contributed by atoms with Crippen molar-refractivity contribution >= 4 is 11.1 Å². The molecule has 0 radical (unpaired) electrons. The van der Waals surface area contributed by atoms with E-state index in [1.807, 2.05) is 0 Å². The van der Waals surface area contributed by atoms with E-state index in [0.717, 1.165) is 0 Å². The molecule has 0 spiro atoms. The number of rotatable bonds is 4. The molecule has 0 aliphatic heterocycles. The average Bonchev–Trinajstić information content (AvgIpc) is 3.43. The lowest BCUT2D eigenvalue weighted by atomic mass is 9.62. The lowest BCUT2D eigenvalue weighted by Gasteiger charge is -2.41. The van der Waals surface area contributed by atoms with E-state index in [2.05, 4.69) is 88.4 Å². The summed E-state index contributed by atoms with van der Waals surface area (Å²) in [5.41, 5.74) is 9.65. The highest BCUT2D eigenvalue weighted by Crippen LogP contribution is 2.63. The van der Waals surface area contributed by atoms with Gasteiger partial charge in [0.15, 0.2) is 0 Å². The maximum absolute atomic E-state index is 2.67. The normalized spacial score (nSPS) is 24.6. The van der Waals surface area contributed by atoms with Gasteiger partial charge in [-0.1, -0.05) is 101 Å². The fourth-order valence-corrected chi connectivity index (χ4v) is 6.59. The first-order chi connectivity index (χ1) is 14.0. The Bertz CT molecular complexity index is 903. The Kier molecular flexibility index (Phi) is 4.57. The zero-order valence-corrected chi connectivity index (χ0v) is 18.4. The van der Waals surface area contributed by atoms with Crippen molar-refractivity contribution in [2.75, 3.05) is 0 Å². The summed E-state index contributed by atoms with van der Waals surface area (Å²) in [4.78, 5) is 0. The lowest BCUT2D eigenvalue weighted by molar-refractivity contribution is 0.232. The molecule has 150 valence electrons. The van der Waals surface area contributed by atoms with Crippen LogP contribution in [0.4, 0.5) is 0 Å². The molecule has 0 N–H and O–H groups in total. The molecule has 5 rings (SSSR count). The summed E-state index contributed by atoms with van der Waals surface area (Å²) in [5.74, 6) is 2.24. The smallest absolute Gasteiger partial charge is 0.00954 e. The van der Waals surface area contributed by atoms with E-state index in [0.29, 0.717) is 29.1 Å². The molecule has 0 bridgehead atoms. The summed E-state index contributed by atoms with van der Waals surface area (Å²) in [5, 5.41) is 0. The molecule has 3 aliphatic carbocycles. The van der Waals surface area contributed by atoms with E-state index >= 15 is 0 Å². The highest BCUT2D eigenvalue weighted by molar-refractivity contribution is 5.79. The van der Waals surface area contributed by atoms with E-state index in [1.165, 1.54) is 36.8 Å². The van der Waals surface area contributed by atoms with Gasteiger partial charge in [0.25, 0.3) is 0 Å². The van der Waals surface area contributed by atoms with Gasteiger partial charge in [-0.2, -0.15) is 0 Å². The molecule has 2 aromatic carbocycles. The molecular formula is C29H34. The van der Waals surface area contributed by atoms with E-state index in [9.17, 15) is 0 Å². The second kappa shape index (κ2) is 7.01. The third-order valence-electron chi connectivity index (χ3n) is 7.92. The SMILES string of the molecule is CC(C)C1=CC(C2(C3C=C(C(C)C)c4ccccc43)CCCC2)c2ccccc21. The van der Waals surface area contributed by atoms with Crippen LogP contribution in [0.15, 0.2) is 60.7 Å². The van der Waals surface area contributed by atoms with Gasteiger partial charge >= 0.3 is 0 Å². The average molecular weight is 383 g/mol. The van der Waals surface area contributed by atoms with Crippen molar-refractivity contribution < 1.29 is 0 Å². The summed E-state index contributed by atoms with van der Waals surface area (Å²) in [6.07, 6.45) is 10.8. The third kappa shape index (κ3) is 2.79. The molecular weight excluding hydrogens is 348 g/mol. The molecule has 0 saturated heterocycles. The highest BCUT2D eigenvalue weighted by Gasteiger charge is 2.50. The van der Waals surface area contributed by atoms with Crippen molar-refractivity contribution in [1.29, 1.82) is 0 Å². The van der Waals surface area contributed by atoms with E-state index < -0.39 is 0 Å². The van der Waals surface area contributed by atoms with Crippen molar-refractivity contribution in [2.45, 2.75) is 65.2 Å². The Morgan fingerprint density at radius 1 is 0.655 bits per heavy atom. The summed E-state index contributed by atoms with van der Waals surface area (Å²) < 4.78 is 0. The molecule has 0 amide bonds. The third-order valence-corrected chi connectivity index (χ3v) is 7.92. The predicted octanol–water partition coefficient (Wildman–Crippen LogP) is 8.22. The van der Waals surface area contributed by atoms with Crippen LogP contribution in [0.5, 0.6) is 0 Å². The van der Waals surface area contributed by atoms with Crippen molar-refractivity contribution in [3.05, 3.63) is 82.9 Å². The fourth-order valence-electron chi connectivity index (χ4n) is 6.59. The first kappa shape index (κ1) is 18.9. The largest absolute Gasteiger partial charge is 0.0723 e. The Labute approximate surface area is 176 Å². The van der Waals surface area contributed by atoms with Crippen LogP contribution in [0, 0.1) is 17.3 Å². The van der Waals surface area contributed by atoms with Crippen LogP contribution in [0.3, 0.4) is 0 Å². The second-order valence-electron chi connectivity index (χ2n) is 10.1. The number of hydrogen-bond donors (Lipinski definition) is 0. The minimum Gasteiger partial charge on any atom is -0.0723 e. The standard InChI is InChI=1S/C29H34/c1-19(2)25-17-27(23-13-7-5-11-21(23)25)29(15-9-10-16-29)28-18-26(20(3)4)22-12-6-8-14-24(22)28/h5-8,11-14,17-20,27-28H,9-10,15-16H2,1-4H3. The van der Waals surface area contributed by atoms with E-state index in [4.69, 9.17) is 0 Å². The quantitative estimate of drug-likeness (QED) is 0.499. The summed E-state index contributed by atoms with van der Waals surface area (Å²) in [7, 11) is 0. The maximum Gasteiger partial charge on any atom is 0.00954 e. The van der Waals surface area contributed by atoms with Gasteiger partial charge in [-0.3, -0.25) is 0 Å². The topological polar surface area (TPSA) is 0 Å². The van der Waals surface area contributed by atoms with Gasteiger partial charge in [0.2, 0.25) is 0 Å². The molecule has 0 nitrogen and oxygen atoms in total. The van der Waals surface area contributed by atoms with Gasteiger partial charge in [0.1, 0.15) is 0 Å². The number of benzene rings is 2. The lowest BCUT2D eigenvalue weighted by Crippen LogP contribution is -2.30. The maximum atomic E-state index is 2.67. The van der Waals surface area contributed by atoms with Gasteiger partial charge in [-0.05, 0) is 63.5 Å². The molecule has 3 aliphatic rings. The van der Waals surface area contributed by atoms with Crippen LogP contribution in [0.1, 0.15) is 87.5 Å². The minimum atomic E-state index is 0.319. The molecule has 2 atom stereocenters. The van der Waals surface area contributed by atoms with Gasteiger partial charge in [0.05, 0.1) is 0 Å². The van der Waals surface area contributed by atoms with Crippen molar-refractivity contribution in [1.82, 2.24) is 0 Å². The van der Waals surface area contributed by atoms with E-state index in [-0.39, 0.29) is 0 Å². The molecule has 0 aromatic heterocycles. The molecule has 2 aromatic rings. The Morgan fingerprint density at radius 2 is 1.07 bits per heavy atom. The molecule has 1 fully saturated rings. The summed E-state index contributed by atoms with van der Waals surface area (Å²) >= 11 is 0. The zero-order chi connectivity index (χ0) is 20.2. The van der Waals surface area contributed by atoms with E-state index in [1.54, 1.807) is 22.3 Å². The predicted molar refractivity (Wildman–Crippen MR) is 125 cm³/mol. The zero-order valence-electron chi connectivity index (χ0n) is 18.4. The second-order valence-corrected chi connectivity index (χ2v) is 10.1. The van der Waals surface area contributed by atoms with Crippen molar-refractivity contribution in [2.24, 2.45) is 17.3 Å². The van der Waals surface area contributed by atoms with Gasteiger partial charge in [-0.15, -0.1) is 0 Å². The monoisotopic (exact) mass is 382 g/mol. The summed E-state index contributed by atoms with van der Waals surface area (Å²) in [6.45, 7) is 9.42. The van der Waals surface area contributed by atoms with Crippen LogP contribution >= 0.6 is 0 Å². The van der Waals surface area contributed by atoms with Crippen molar-refractivity contribution in [3.8, 4) is 0 Å².